The van der Waals surface area contributed by atoms with Crippen LogP contribution in [0.2, 0.25) is 5.02 Å². The molecular weight excluding hydrogens is 280 g/mol. The van der Waals surface area contributed by atoms with Crippen molar-refractivity contribution in [1.29, 1.82) is 0 Å². The zero-order valence-electron chi connectivity index (χ0n) is 11.9. The summed E-state index contributed by atoms with van der Waals surface area (Å²) < 4.78 is 0. The summed E-state index contributed by atoms with van der Waals surface area (Å²) in [6.07, 6.45) is 3.71. The Bertz CT molecular complexity index is 755. The lowest BCUT2D eigenvalue weighted by Gasteiger charge is -2.16. The van der Waals surface area contributed by atoms with Gasteiger partial charge in [-0.25, -0.2) is 0 Å². The average molecular weight is 297 g/mol. The minimum Gasteiger partial charge on any atom is -0.306 e. The molecule has 0 saturated heterocycles. The van der Waals surface area contributed by atoms with Crippen LogP contribution in [0.1, 0.15) is 24.1 Å². The molecule has 1 N–H and O–H groups in total. The van der Waals surface area contributed by atoms with Gasteiger partial charge >= 0.3 is 0 Å². The maximum absolute atomic E-state index is 6.23. The molecule has 0 unspecified atom stereocenters. The molecule has 2 aromatic carbocycles. The lowest BCUT2D eigenvalue weighted by molar-refractivity contribution is 0.575. The molecule has 1 aromatic heterocycles. The van der Waals surface area contributed by atoms with Gasteiger partial charge in [-0.2, -0.15) is 0 Å². The van der Waals surface area contributed by atoms with Crippen LogP contribution in [-0.2, 0) is 6.54 Å². The summed E-state index contributed by atoms with van der Waals surface area (Å²) >= 11 is 6.23. The first-order valence-electron chi connectivity index (χ1n) is 7.04. The smallest absolute Gasteiger partial charge is 0.0453 e. The normalized spacial score (nSPS) is 12.5. The number of nitrogens with zero attached hydrogens (tertiary/aromatic N) is 1. The summed E-state index contributed by atoms with van der Waals surface area (Å²) in [5, 5.41) is 6.71. The van der Waals surface area contributed by atoms with Crippen LogP contribution in [0.15, 0.2) is 60.9 Å². The lowest BCUT2D eigenvalue weighted by atomic mass is 10.1. The molecule has 0 aliphatic heterocycles. The van der Waals surface area contributed by atoms with Crippen LogP contribution in [0, 0.1) is 0 Å². The number of hydrogen-bond donors (Lipinski definition) is 1. The fraction of sp³-hybridized carbons (Fsp3) is 0.167. The lowest BCUT2D eigenvalue weighted by Crippen LogP contribution is -2.18. The number of hydrogen-bond acceptors (Lipinski definition) is 2. The van der Waals surface area contributed by atoms with E-state index >= 15 is 0 Å². The summed E-state index contributed by atoms with van der Waals surface area (Å²) in [6.45, 7) is 2.94. The number of nitrogens with one attached hydrogen (secondary N) is 1. The van der Waals surface area contributed by atoms with E-state index in [9.17, 15) is 0 Å². The third kappa shape index (κ3) is 3.23. The van der Waals surface area contributed by atoms with Gasteiger partial charge in [-0.3, -0.25) is 4.98 Å². The Kier molecular flexibility index (Phi) is 4.18. The summed E-state index contributed by atoms with van der Waals surface area (Å²) in [4.78, 5) is 4.14. The fourth-order valence-corrected chi connectivity index (χ4v) is 2.75. The van der Waals surface area contributed by atoms with Gasteiger partial charge in [0.1, 0.15) is 0 Å². The molecule has 1 heterocycles. The second-order valence-electron chi connectivity index (χ2n) is 5.18. The molecule has 21 heavy (non-hydrogen) atoms. The third-order valence-corrected chi connectivity index (χ3v) is 4.03. The number of benzene rings is 2. The highest BCUT2D eigenvalue weighted by Gasteiger charge is 2.08. The van der Waals surface area contributed by atoms with Crippen molar-refractivity contribution >= 4 is 22.4 Å². The SMILES string of the molecule is C[C@H](NCc1ccc2cnccc2c1)c1ccccc1Cl. The Morgan fingerprint density at radius 3 is 2.81 bits per heavy atom. The van der Waals surface area contributed by atoms with E-state index in [1.165, 1.54) is 16.3 Å². The van der Waals surface area contributed by atoms with Crippen LogP contribution in [0.3, 0.4) is 0 Å². The summed E-state index contributed by atoms with van der Waals surface area (Å²) in [5.41, 5.74) is 2.39. The molecule has 1 atom stereocenters. The zero-order chi connectivity index (χ0) is 14.7. The van der Waals surface area contributed by atoms with Gasteiger partial charge in [-0.05, 0) is 41.6 Å². The minimum atomic E-state index is 0.215. The van der Waals surface area contributed by atoms with E-state index in [0.29, 0.717) is 0 Å². The predicted molar refractivity (Wildman–Crippen MR) is 88.4 cm³/mol. The van der Waals surface area contributed by atoms with E-state index in [0.717, 1.165) is 17.1 Å². The molecule has 0 amide bonds. The fourth-order valence-electron chi connectivity index (χ4n) is 2.45. The Balaban J connectivity index is 1.73. The molecule has 0 bridgehead atoms. The van der Waals surface area contributed by atoms with E-state index in [1.54, 1.807) is 0 Å². The molecule has 3 aromatic rings. The second-order valence-corrected chi connectivity index (χ2v) is 5.59. The van der Waals surface area contributed by atoms with Crippen molar-refractivity contribution in [2.24, 2.45) is 0 Å². The Morgan fingerprint density at radius 2 is 1.95 bits per heavy atom. The summed E-state index contributed by atoms with van der Waals surface area (Å²) in [6, 6.07) is 16.7. The molecule has 0 aliphatic rings. The van der Waals surface area contributed by atoms with Gasteiger partial charge in [0.2, 0.25) is 0 Å². The van der Waals surface area contributed by atoms with E-state index in [2.05, 4.69) is 41.5 Å². The van der Waals surface area contributed by atoms with E-state index < -0.39 is 0 Å². The molecule has 3 heteroatoms. The molecule has 0 fully saturated rings. The number of halogens is 1. The largest absolute Gasteiger partial charge is 0.306 e. The number of rotatable bonds is 4. The van der Waals surface area contributed by atoms with Crippen LogP contribution >= 0.6 is 11.6 Å². The van der Waals surface area contributed by atoms with Crippen LogP contribution < -0.4 is 5.32 Å². The van der Waals surface area contributed by atoms with Crippen LogP contribution in [0.4, 0.5) is 0 Å². The molecule has 0 aliphatic carbocycles. The van der Waals surface area contributed by atoms with Gasteiger partial charge in [0, 0.05) is 35.4 Å². The monoisotopic (exact) mass is 296 g/mol. The van der Waals surface area contributed by atoms with Crippen molar-refractivity contribution in [3.63, 3.8) is 0 Å². The summed E-state index contributed by atoms with van der Waals surface area (Å²) in [5.74, 6) is 0. The van der Waals surface area contributed by atoms with Crippen LogP contribution in [0.25, 0.3) is 10.8 Å². The zero-order valence-corrected chi connectivity index (χ0v) is 12.6. The highest BCUT2D eigenvalue weighted by atomic mass is 35.5. The second kappa shape index (κ2) is 6.25. The average Bonchev–Trinajstić information content (AvgIpc) is 2.53. The molecule has 0 saturated carbocycles. The van der Waals surface area contributed by atoms with Crippen molar-refractivity contribution in [1.82, 2.24) is 10.3 Å². The van der Waals surface area contributed by atoms with Gasteiger partial charge in [0.05, 0.1) is 0 Å². The third-order valence-electron chi connectivity index (χ3n) is 3.69. The van der Waals surface area contributed by atoms with Gasteiger partial charge in [0.25, 0.3) is 0 Å². The molecule has 3 rings (SSSR count). The number of pyridine rings is 1. The minimum absolute atomic E-state index is 0.215. The van der Waals surface area contributed by atoms with E-state index in [1.807, 2.05) is 36.7 Å². The van der Waals surface area contributed by atoms with Crippen molar-refractivity contribution in [3.05, 3.63) is 77.1 Å². The Hall–Kier alpha value is -1.90. The van der Waals surface area contributed by atoms with Gasteiger partial charge in [0.15, 0.2) is 0 Å². The molecule has 0 spiro atoms. The molecule has 106 valence electrons. The maximum atomic E-state index is 6.23. The van der Waals surface area contributed by atoms with Crippen molar-refractivity contribution < 1.29 is 0 Å². The first-order valence-corrected chi connectivity index (χ1v) is 7.42. The number of fused-ring (bicyclic) bond motifs is 1. The summed E-state index contributed by atoms with van der Waals surface area (Å²) in [7, 11) is 0. The highest BCUT2D eigenvalue weighted by molar-refractivity contribution is 6.31. The molecular formula is C18H17ClN2. The first-order chi connectivity index (χ1) is 10.2. The molecule has 2 nitrogen and oxygen atoms in total. The topological polar surface area (TPSA) is 24.9 Å². The van der Waals surface area contributed by atoms with Gasteiger partial charge in [-0.1, -0.05) is 41.9 Å². The maximum Gasteiger partial charge on any atom is 0.0453 e. The van der Waals surface area contributed by atoms with Crippen molar-refractivity contribution in [2.75, 3.05) is 0 Å². The quantitative estimate of drug-likeness (QED) is 0.752. The van der Waals surface area contributed by atoms with Crippen LogP contribution in [0.5, 0.6) is 0 Å². The first kappa shape index (κ1) is 14.1. The van der Waals surface area contributed by atoms with Gasteiger partial charge < -0.3 is 5.32 Å². The van der Waals surface area contributed by atoms with Crippen molar-refractivity contribution in [2.45, 2.75) is 19.5 Å². The molecule has 0 radical (unpaired) electrons. The number of aromatic nitrogens is 1. The van der Waals surface area contributed by atoms with E-state index in [4.69, 9.17) is 11.6 Å². The van der Waals surface area contributed by atoms with Crippen molar-refractivity contribution in [3.8, 4) is 0 Å². The standard InChI is InChI=1S/C18H17ClN2/c1-13(17-4-2-3-5-18(17)19)21-11-14-6-7-16-12-20-9-8-15(16)10-14/h2-10,12-13,21H,11H2,1H3/t13-/m0/s1. The predicted octanol–water partition coefficient (Wildman–Crippen LogP) is 4.74. The highest BCUT2D eigenvalue weighted by Crippen LogP contribution is 2.22. The Morgan fingerprint density at radius 1 is 1.10 bits per heavy atom. The van der Waals surface area contributed by atoms with Crippen LogP contribution in [-0.4, -0.2) is 4.98 Å². The van der Waals surface area contributed by atoms with Gasteiger partial charge in [-0.15, -0.1) is 0 Å². The van der Waals surface area contributed by atoms with E-state index in [-0.39, 0.29) is 6.04 Å². The Labute approximate surface area is 129 Å².